The fourth-order valence-corrected chi connectivity index (χ4v) is 3.34. The number of hydrogen-bond acceptors (Lipinski definition) is 4. The number of aryl methyl sites for hydroxylation is 3. The van der Waals surface area contributed by atoms with Crippen LogP contribution in [0, 0.1) is 27.7 Å². The molecule has 0 saturated heterocycles. The molecule has 2 N–H and O–H groups in total. The van der Waals surface area contributed by atoms with E-state index in [9.17, 15) is 14.4 Å². The fourth-order valence-electron chi connectivity index (χ4n) is 3.34. The lowest BCUT2D eigenvalue weighted by Gasteiger charge is -2.11. The van der Waals surface area contributed by atoms with Crippen molar-refractivity contribution in [2.75, 3.05) is 11.9 Å². The topological polar surface area (TPSA) is 93.1 Å². The van der Waals surface area contributed by atoms with Gasteiger partial charge in [0.15, 0.2) is 0 Å². The minimum absolute atomic E-state index is 0.242. The number of Topliss-reactive ketones (excluding diaryl/α,β-unsaturated/α-hetero) is 1. The van der Waals surface area contributed by atoms with Gasteiger partial charge in [-0.15, -0.1) is 0 Å². The highest BCUT2D eigenvalue weighted by molar-refractivity contribution is 6.43. The maximum atomic E-state index is 12.7. The van der Waals surface area contributed by atoms with E-state index in [1.807, 2.05) is 62.4 Å². The minimum atomic E-state index is -0.842. The molecule has 0 bridgehead atoms. The lowest BCUT2D eigenvalue weighted by atomic mass is 10.1. The van der Waals surface area contributed by atoms with Gasteiger partial charge in [0.25, 0.3) is 11.7 Å². The zero-order valence-corrected chi connectivity index (χ0v) is 17.4. The summed E-state index contributed by atoms with van der Waals surface area (Å²) in [6.45, 7) is 6.90. The Morgan fingerprint density at radius 1 is 0.900 bits per heavy atom. The predicted octanol–water partition coefficient (Wildman–Crippen LogP) is 3.04. The number of para-hydroxylation sites is 2. The summed E-state index contributed by atoms with van der Waals surface area (Å²) in [5, 5.41) is 9.58. The van der Waals surface area contributed by atoms with Gasteiger partial charge in [0.05, 0.1) is 29.2 Å². The smallest absolute Gasteiger partial charge is 0.292 e. The van der Waals surface area contributed by atoms with Crippen molar-refractivity contribution in [2.24, 2.45) is 0 Å². The van der Waals surface area contributed by atoms with Gasteiger partial charge < -0.3 is 10.6 Å². The van der Waals surface area contributed by atoms with Crippen molar-refractivity contribution in [2.45, 2.75) is 27.7 Å². The molecule has 7 nitrogen and oxygen atoms in total. The van der Waals surface area contributed by atoms with Gasteiger partial charge in [-0.2, -0.15) is 5.10 Å². The molecule has 0 atom stereocenters. The van der Waals surface area contributed by atoms with Crippen molar-refractivity contribution in [3.8, 4) is 5.69 Å². The van der Waals surface area contributed by atoms with E-state index in [1.165, 1.54) is 0 Å². The van der Waals surface area contributed by atoms with Gasteiger partial charge in [-0.1, -0.05) is 36.4 Å². The molecule has 154 valence electrons. The van der Waals surface area contributed by atoms with Gasteiger partial charge in [0.1, 0.15) is 0 Å². The first kappa shape index (κ1) is 21.0. The number of hydrogen-bond donors (Lipinski definition) is 2. The molecule has 0 spiro atoms. The van der Waals surface area contributed by atoms with Gasteiger partial charge in [0, 0.05) is 5.69 Å². The van der Waals surface area contributed by atoms with Crippen LogP contribution in [-0.4, -0.2) is 33.9 Å². The molecular weight excluding hydrogens is 380 g/mol. The van der Waals surface area contributed by atoms with Crippen molar-refractivity contribution in [3.05, 3.63) is 76.6 Å². The quantitative estimate of drug-likeness (QED) is 0.488. The number of carbonyl (C=O) groups is 3. The minimum Gasteiger partial charge on any atom is -0.340 e. The second-order valence-corrected chi connectivity index (χ2v) is 7.12. The van der Waals surface area contributed by atoms with Crippen molar-refractivity contribution in [3.63, 3.8) is 0 Å². The number of nitrogens with one attached hydrogen (secondary N) is 2. The number of rotatable bonds is 6. The van der Waals surface area contributed by atoms with E-state index >= 15 is 0 Å². The summed E-state index contributed by atoms with van der Waals surface area (Å²) >= 11 is 0. The molecule has 2 amide bonds. The Kier molecular flexibility index (Phi) is 6.11. The summed E-state index contributed by atoms with van der Waals surface area (Å²) in [6.07, 6.45) is 0. The van der Waals surface area contributed by atoms with Gasteiger partial charge in [-0.3, -0.25) is 14.4 Å². The Labute approximate surface area is 175 Å². The average molecular weight is 404 g/mol. The maximum Gasteiger partial charge on any atom is 0.292 e. The van der Waals surface area contributed by atoms with Crippen LogP contribution in [0.15, 0.2) is 48.5 Å². The lowest BCUT2D eigenvalue weighted by molar-refractivity contribution is -0.121. The normalized spacial score (nSPS) is 10.5. The number of ketones is 1. The highest BCUT2D eigenvalue weighted by atomic mass is 16.2. The molecule has 0 aliphatic rings. The molecule has 0 aliphatic carbocycles. The predicted molar refractivity (Wildman–Crippen MR) is 115 cm³/mol. The van der Waals surface area contributed by atoms with Crippen LogP contribution in [0.5, 0.6) is 0 Å². The second-order valence-electron chi connectivity index (χ2n) is 7.12. The summed E-state index contributed by atoms with van der Waals surface area (Å²) in [4.78, 5) is 37.4. The van der Waals surface area contributed by atoms with Gasteiger partial charge in [-0.05, 0) is 51.0 Å². The zero-order chi connectivity index (χ0) is 21.8. The van der Waals surface area contributed by atoms with Crippen LogP contribution >= 0.6 is 0 Å². The second kappa shape index (κ2) is 8.73. The molecule has 2 aromatic carbocycles. The Morgan fingerprint density at radius 3 is 2.17 bits per heavy atom. The molecule has 0 fully saturated rings. The SMILES string of the molecule is Cc1cccc(C)c1NC(=O)CNC(=O)C(=O)c1c(C)nn(-c2ccccc2)c1C. The lowest BCUT2D eigenvalue weighted by Crippen LogP contribution is -2.37. The van der Waals surface area contributed by atoms with E-state index in [0.717, 1.165) is 16.8 Å². The first-order chi connectivity index (χ1) is 14.3. The molecule has 30 heavy (non-hydrogen) atoms. The van der Waals surface area contributed by atoms with Crippen LogP contribution in [0.4, 0.5) is 5.69 Å². The van der Waals surface area contributed by atoms with Crippen LogP contribution < -0.4 is 10.6 Å². The summed E-state index contributed by atoms with van der Waals surface area (Å²) in [6, 6.07) is 15.0. The van der Waals surface area contributed by atoms with E-state index in [1.54, 1.807) is 18.5 Å². The molecule has 1 aromatic heterocycles. The Bertz CT molecular complexity index is 1100. The van der Waals surface area contributed by atoms with Gasteiger partial charge in [-0.25, -0.2) is 4.68 Å². The van der Waals surface area contributed by atoms with Crippen molar-refractivity contribution >= 4 is 23.3 Å². The largest absolute Gasteiger partial charge is 0.340 e. The number of nitrogens with zero attached hydrogens (tertiary/aromatic N) is 2. The van der Waals surface area contributed by atoms with E-state index in [2.05, 4.69) is 15.7 Å². The van der Waals surface area contributed by atoms with Crippen molar-refractivity contribution < 1.29 is 14.4 Å². The molecule has 0 saturated carbocycles. The van der Waals surface area contributed by atoms with E-state index in [4.69, 9.17) is 0 Å². The first-order valence-corrected chi connectivity index (χ1v) is 9.60. The number of aromatic nitrogens is 2. The standard InChI is InChI=1S/C23H24N4O3/c1-14-9-8-10-15(2)21(14)25-19(28)13-24-23(30)22(29)20-16(3)26-27(17(20)4)18-11-6-5-7-12-18/h5-12H,13H2,1-4H3,(H,24,30)(H,25,28). The van der Waals surface area contributed by atoms with Crippen LogP contribution in [0.25, 0.3) is 5.69 Å². The van der Waals surface area contributed by atoms with E-state index < -0.39 is 17.6 Å². The fraction of sp³-hybridized carbons (Fsp3) is 0.217. The van der Waals surface area contributed by atoms with Crippen molar-refractivity contribution in [1.29, 1.82) is 0 Å². The third kappa shape index (κ3) is 4.30. The summed E-state index contributed by atoms with van der Waals surface area (Å²) in [5.74, 6) is -1.96. The Balaban J connectivity index is 1.69. The van der Waals surface area contributed by atoms with Crippen molar-refractivity contribution in [1.82, 2.24) is 15.1 Å². The Morgan fingerprint density at radius 2 is 1.53 bits per heavy atom. The molecule has 1 heterocycles. The molecular formula is C23H24N4O3. The number of carbonyl (C=O) groups excluding carboxylic acids is 3. The van der Waals surface area contributed by atoms with Crippen LogP contribution in [0.2, 0.25) is 0 Å². The van der Waals surface area contributed by atoms with Gasteiger partial charge in [0.2, 0.25) is 5.91 Å². The molecule has 0 unspecified atom stereocenters. The van der Waals surface area contributed by atoms with E-state index in [-0.39, 0.29) is 12.1 Å². The molecule has 7 heteroatoms. The first-order valence-electron chi connectivity index (χ1n) is 9.60. The average Bonchev–Trinajstić information content (AvgIpc) is 3.03. The maximum absolute atomic E-state index is 12.7. The highest BCUT2D eigenvalue weighted by Gasteiger charge is 2.25. The summed E-state index contributed by atoms with van der Waals surface area (Å²) < 4.78 is 1.63. The van der Waals surface area contributed by atoms with Gasteiger partial charge >= 0.3 is 0 Å². The molecule has 3 aromatic rings. The van der Waals surface area contributed by atoms with Crippen LogP contribution in [-0.2, 0) is 9.59 Å². The monoisotopic (exact) mass is 404 g/mol. The molecule has 3 rings (SSSR count). The summed E-state index contributed by atoms with van der Waals surface area (Å²) in [5.41, 5.74) is 4.61. The number of amides is 2. The zero-order valence-electron chi connectivity index (χ0n) is 17.4. The summed E-state index contributed by atoms with van der Waals surface area (Å²) in [7, 11) is 0. The Hall–Kier alpha value is -3.74. The third-order valence-electron chi connectivity index (χ3n) is 4.88. The van der Waals surface area contributed by atoms with Crippen LogP contribution in [0.3, 0.4) is 0 Å². The molecule has 0 radical (unpaired) electrons. The number of anilines is 1. The number of benzene rings is 2. The highest BCUT2D eigenvalue weighted by Crippen LogP contribution is 2.20. The van der Waals surface area contributed by atoms with Crippen LogP contribution in [0.1, 0.15) is 32.9 Å². The van der Waals surface area contributed by atoms with E-state index in [0.29, 0.717) is 17.1 Å². The third-order valence-corrected chi connectivity index (χ3v) is 4.88. The molecule has 0 aliphatic heterocycles.